The Bertz CT molecular complexity index is 824. The maximum atomic E-state index is 11.8. The quantitative estimate of drug-likeness (QED) is 0.577. The number of thiol groups is 1. The van der Waals surface area contributed by atoms with Gasteiger partial charge in [0.25, 0.3) is 5.91 Å². The predicted octanol–water partition coefficient (Wildman–Crippen LogP) is 0.451. The van der Waals surface area contributed by atoms with Gasteiger partial charge in [-0.05, 0) is 18.6 Å². The number of pyridine rings is 1. The standard InChI is InChI=1S/C16H21N5O2S.ClH/c17-15(23)14-9-18-5-8-24(14)13-1-4-19-16-12(13)3-7-21(16)20-6-2-11(22)10-20;/h1,3-4,7,9,11,18,22,24H,2,5-6,8,10H2,(H2,17,23);1H/t11-;/m0./s1. The summed E-state index contributed by atoms with van der Waals surface area (Å²) < 4.78 is 2.01. The zero-order valence-corrected chi connectivity index (χ0v) is 15.3. The minimum Gasteiger partial charge on any atom is -0.391 e. The number of rotatable bonds is 3. The minimum atomic E-state index is -0.774. The van der Waals surface area contributed by atoms with Crippen LogP contribution >= 0.6 is 23.3 Å². The van der Waals surface area contributed by atoms with E-state index in [2.05, 4.69) is 15.3 Å². The Morgan fingerprint density at radius 3 is 3.00 bits per heavy atom. The van der Waals surface area contributed by atoms with Crippen molar-refractivity contribution in [2.45, 2.75) is 17.4 Å². The van der Waals surface area contributed by atoms with Crippen molar-refractivity contribution in [3.8, 4) is 0 Å². The van der Waals surface area contributed by atoms with Gasteiger partial charge in [-0.25, -0.2) is 9.66 Å². The summed E-state index contributed by atoms with van der Waals surface area (Å²) in [5.74, 6) is 0.525. The van der Waals surface area contributed by atoms with Crippen molar-refractivity contribution in [1.82, 2.24) is 15.0 Å². The van der Waals surface area contributed by atoms with Crippen LogP contribution < -0.4 is 16.1 Å². The van der Waals surface area contributed by atoms with E-state index in [0.717, 1.165) is 41.2 Å². The average Bonchev–Trinajstić information content (AvgIpc) is 3.20. The number of amides is 1. The van der Waals surface area contributed by atoms with Gasteiger partial charge >= 0.3 is 0 Å². The van der Waals surface area contributed by atoms with Crippen molar-refractivity contribution >= 4 is 40.2 Å². The molecule has 2 atom stereocenters. The number of aliphatic hydroxyl groups excluding tert-OH is 1. The number of fused-ring (bicyclic) bond motifs is 1. The van der Waals surface area contributed by atoms with E-state index in [9.17, 15) is 9.90 Å². The third-order valence-corrected chi connectivity index (χ3v) is 7.12. The van der Waals surface area contributed by atoms with Gasteiger partial charge in [-0.2, -0.15) is 10.9 Å². The van der Waals surface area contributed by atoms with Gasteiger partial charge in [0.05, 0.1) is 17.6 Å². The summed E-state index contributed by atoms with van der Waals surface area (Å²) in [4.78, 5) is 18.1. The Hall–Kier alpha value is -1.90. The molecule has 136 valence electrons. The second kappa shape index (κ2) is 7.15. The molecule has 4 N–H and O–H groups in total. The molecule has 1 saturated heterocycles. The van der Waals surface area contributed by atoms with Crippen molar-refractivity contribution in [3.05, 3.63) is 35.6 Å². The largest absolute Gasteiger partial charge is 0.391 e. The Kier molecular flexibility index (Phi) is 5.12. The molecule has 1 amide bonds. The summed E-state index contributed by atoms with van der Waals surface area (Å²) in [5, 5.41) is 16.1. The van der Waals surface area contributed by atoms with Crippen LogP contribution in [-0.4, -0.2) is 52.2 Å². The Morgan fingerprint density at radius 2 is 2.28 bits per heavy atom. The summed E-state index contributed by atoms with van der Waals surface area (Å²) in [6, 6.07) is 4.05. The Labute approximate surface area is 154 Å². The lowest BCUT2D eigenvalue weighted by Gasteiger charge is -2.28. The third-order valence-electron chi connectivity index (χ3n) is 4.54. The van der Waals surface area contributed by atoms with Gasteiger partial charge in [0, 0.05) is 47.7 Å². The summed E-state index contributed by atoms with van der Waals surface area (Å²) in [7, 11) is -0.774. The molecule has 0 radical (unpaired) electrons. The number of carbonyl (C=O) groups is 1. The topological polar surface area (TPSA) is 96.4 Å². The Morgan fingerprint density at radius 1 is 1.44 bits per heavy atom. The van der Waals surface area contributed by atoms with E-state index in [-0.39, 0.29) is 24.4 Å². The molecule has 0 bridgehead atoms. The molecule has 2 aliphatic heterocycles. The molecule has 0 saturated carbocycles. The first-order valence-corrected chi connectivity index (χ1v) is 9.58. The maximum Gasteiger partial charge on any atom is 0.255 e. The van der Waals surface area contributed by atoms with E-state index in [1.54, 1.807) is 12.4 Å². The van der Waals surface area contributed by atoms with Gasteiger partial charge < -0.3 is 21.2 Å². The molecule has 2 aromatic rings. The van der Waals surface area contributed by atoms with Gasteiger partial charge in [-0.3, -0.25) is 4.79 Å². The summed E-state index contributed by atoms with van der Waals surface area (Å²) in [5.41, 5.74) is 6.44. The molecule has 1 unspecified atom stereocenters. The highest BCUT2D eigenvalue weighted by Gasteiger charge is 2.25. The van der Waals surface area contributed by atoms with Crippen molar-refractivity contribution in [1.29, 1.82) is 0 Å². The fourth-order valence-corrected chi connectivity index (χ4v) is 5.71. The van der Waals surface area contributed by atoms with Crippen molar-refractivity contribution in [3.63, 3.8) is 0 Å². The maximum absolute atomic E-state index is 11.8. The van der Waals surface area contributed by atoms with Gasteiger partial charge in [-0.15, -0.1) is 12.4 Å². The molecule has 2 aromatic heterocycles. The van der Waals surface area contributed by atoms with Crippen LogP contribution in [0.1, 0.15) is 6.42 Å². The molecule has 0 spiro atoms. The summed E-state index contributed by atoms with van der Waals surface area (Å²) in [6.45, 7) is 2.26. The number of hydrogen-bond donors (Lipinski definition) is 4. The highest BCUT2D eigenvalue weighted by molar-refractivity contribution is 8.21. The number of aliphatic hydroxyl groups is 1. The molecule has 25 heavy (non-hydrogen) atoms. The monoisotopic (exact) mass is 383 g/mol. The molecular weight excluding hydrogens is 362 g/mol. The number of β-amino-alcohol motifs (C(OH)–C–C–N with tert-alkyl or cyclic N) is 1. The fourth-order valence-electron chi connectivity index (χ4n) is 3.39. The van der Waals surface area contributed by atoms with Crippen molar-refractivity contribution in [2.24, 2.45) is 5.73 Å². The molecule has 4 heterocycles. The van der Waals surface area contributed by atoms with Crippen LogP contribution in [0.15, 0.2) is 40.5 Å². The van der Waals surface area contributed by atoms with Crippen LogP contribution in [0.2, 0.25) is 0 Å². The van der Waals surface area contributed by atoms with E-state index in [1.807, 2.05) is 23.0 Å². The fraction of sp³-hybridized carbons (Fsp3) is 0.375. The number of nitrogens with zero attached hydrogens (tertiary/aromatic N) is 3. The highest BCUT2D eigenvalue weighted by Crippen LogP contribution is 2.47. The minimum absolute atomic E-state index is 0. The molecule has 7 nitrogen and oxygen atoms in total. The number of aromatic nitrogens is 2. The van der Waals surface area contributed by atoms with Crippen LogP contribution in [0.25, 0.3) is 11.0 Å². The molecule has 9 heteroatoms. The number of nitrogens with two attached hydrogens (primary N) is 1. The molecule has 0 aromatic carbocycles. The van der Waals surface area contributed by atoms with Crippen LogP contribution in [-0.2, 0) is 4.79 Å². The van der Waals surface area contributed by atoms with Gasteiger partial charge in [0.15, 0.2) is 5.65 Å². The zero-order valence-electron chi connectivity index (χ0n) is 13.6. The lowest BCUT2D eigenvalue weighted by Crippen LogP contribution is -2.32. The molecular formula is C16H22ClN5O2S. The molecule has 0 aliphatic carbocycles. The Balaban J connectivity index is 0.00000182. The lowest BCUT2D eigenvalue weighted by atomic mass is 10.3. The number of primary amides is 1. The number of hydrogen-bond acceptors (Lipinski definition) is 5. The van der Waals surface area contributed by atoms with Crippen LogP contribution in [0, 0.1) is 0 Å². The first-order valence-electron chi connectivity index (χ1n) is 8.05. The zero-order chi connectivity index (χ0) is 16.7. The summed E-state index contributed by atoms with van der Waals surface area (Å²) >= 11 is 0. The van der Waals surface area contributed by atoms with Crippen LogP contribution in [0.3, 0.4) is 0 Å². The third kappa shape index (κ3) is 3.17. The number of carbonyl (C=O) groups excluding carboxylic acids is 1. The van der Waals surface area contributed by atoms with Gasteiger partial charge in [0.2, 0.25) is 0 Å². The summed E-state index contributed by atoms with van der Waals surface area (Å²) in [6.07, 6.45) is 6.03. The lowest BCUT2D eigenvalue weighted by molar-refractivity contribution is -0.113. The first kappa shape index (κ1) is 17.9. The van der Waals surface area contributed by atoms with Crippen LogP contribution in [0.4, 0.5) is 0 Å². The second-order valence-electron chi connectivity index (χ2n) is 6.08. The number of halogens is 1. The van der Waals surface area contributed by atoms with Gasteiger partial charge in [0.1, 0.15) is 0 Å². The predicted molar refractivity (Wildman–Crippen MR) is 103 cm³/mol. The van der Waals surface area contributed by atoms with E-state index in [4.69, 9.17) is 5.73 Å². The van der Waals surface area contributed by atoms with Crippen molar-refractivity contribution < 1.29 is 9.90 Å². The van der Waals surface area contributed by atoms with E-state index >= 15 is 0 Å². The second-order valence-corrected chi connectivity index (χ2v) is 8.35. The SMILES string of the molecule is Cl.NC(=O)C1=CNCC[SH]1c1ccnc2c1ccn2N1CC[C@H](O)C1. The normalized spacial score (nSPS) is 24.5. The highest BCUT2D eigenvalue weighted by atomic mass is 35.5. The molecule has 1 fully saturated rings. The average molecular weight is 384 g/mol. The number of nitrogens with one attached hydrogen (secondary N) is 1. The van der Waals surface area contributed by atoms with Crippen molar-refractivity contribution in [2.75, 3.05) is 30.4 Å². The first-order chi connectivity index (χ1) is 11.6. The van der Waals surface area contributed by atoms with Crippen LogP contribution in [0.5, 0.6) is 0 Å². The van der Waals surface area contributed by atoms with E-state index in [1.165, 1.54) is 0 Å². The van der Waals surface area contributed by atoms with E-state index < -0.39 is 10.9 Å². The molecule has 2 aliphatic rings. The smallest absolute Gasteiger partial charge is 0.255 e. The van der Waals surface area contributed by atoms with E-state index in [0.29, 0.717) is 11.4 Å². The molecule has 4 rings (SSSR count). The van der Waals surface area contributed by atoms with Gasteiger partial charge in [-0.1, -0.05) is 0 Å².